The number of aromatic nitrogens is 4. The Bertz CT molecular complexity index is 462. The van der Waals surface area contributed by atoms with Gasteiger partial charge < -0.3 is 4.90 Å². The molecule has 0 bridgehead atoms. The number of hydrogen-bond donors (Lipinski definition) is 0. The minimum absolute atomic E-state index is 0.796. The molecule has 0 radical (unpaired) electrons. The summed E-state index contributed by atoms with van der Waals surface area (Å²) in [4.78, 5) is 2.30. The Kier molecular flexibility index (Phi) is 2.21. The Balaban J connectivity index is 1.95. The average Bonchev–Trinajstić information content (AvgIpc) is 2.77. The lowest BCUT2D eigenvalue weighted by Gasteiger charge is -2.26. The van der Waals surface area contributed by atoms with E-state index in [-0.39, 0.29) is 0 Å². The maximum atomic E-state index is 4.47. The Morgan fingerprint density at radius 2 is 2.07 bits per heavy atom. The lowest BCUT2D eigenvalue weighted by molar-refractivity contribution is 0.802. The van der Waals surface area contributed by atoms with Crippen LogP contribution < -0.4 is 4.90 Å². The van der Waals surface area contributed by atoms with Gasteiger partial charge >= 0.3 is 0 Å². The lowest BCUT2D eigenvalue weighted by Crippen LogP contribution is -2.33. The van der Waals surface area contributed by atoms with Gasteiger partial charge in [0.1, 0.15) is 12.1 Å². The number of rotatable bonds is 1. The van der Waals surface area contributed by atoms with Crippen molar-refractivity contribution < 1.29 is 0 Å². The van der Waals surface area contributed by atoms with E-state index in [4.69, 9.17) is 0 Å². The Morgan fingerprint density at radius 3 is 2.93 bits per heavy atom. The van der Waals surface area contributed by atoms with Crippen LogP contribution in [0.3, 0.4) is 0 Å². The second-order valence-corrected chi connectivity index (χ2v) is 4.65. The second-order valence-electron chi connectivity index (χ2n) is 3.42. The van der Waals surface area contributed by atoms with Crippen LogP contribution in [0.2, 0.25) is 0 Å². The molecule has 0 saturated carbocycles. The Hall–Kier alpha value is -1.30. The van der Waals surface area contributed by atoms with Gasteiger partial charge in [-0.2, -0.15) is 16.3 Å². The quantitative estimate of drug-likeness (QED) is 0.708. The summed E-state index contributed by atoms with van der Waals surface area (Å²) >= 11 is 2.00. The summed E-state index contributed by atoms with van der Waals surface area (Å²) in [6.07, 6.45) is 1.64. The number of fused-ring (bicyclic) bond motifs is 1. The summed E-state index contributed by atoms with van der Waals surface area (Å²) in [6.45, 7) is 2.15. The van der Waals surface area contributed by atoms with Crippen molar-refractivity contribution in [3.05, 3.63) is 18.5 Å². The maximum Gasteiger partial charge on any atom is 0.177 e. The molecule has 0 spiro atoms. The van der Waals surface area contributed by atoms with E-state index in [9.17, 15) is 0 Å². The van der Waals surface area contributed by atoms with Crippen LogP contribution >= 0.6 is 11.8 Å². The number of hydrogen-bond acceptors (Lipinski definition) is 5. The largest absolute Gasteiger partial charge is 0.354 e. The van der Waals surface area contributed by atoms with Crippen LogP contribution in [0.25, 0.3) is 5.65 Å². The molecule has 0 aliphatic carbocycles. The molecule has 2 aromatic rings. The summed E-state index contributed by atoms with van der Waals surface area (Å²) < 4.78 is 1.72. The summed E-state index contributed by atoms with van der Waals surface area (Å²) in [5.41, 5.74) is 0.796. The van der Waals surface area contributed by atoms with Gasteiger partial charge in [-0.1, -0.05) is 0 Å². The van der Waals surface area contributed by atoms with Crippen LogP contribution in [-0.4, -0.2) is 44.4 Å². The van der Waals surface area contributed by atoms with E-state index in [1.54, 1.807) is 10.8 Å². The van der Waals surface area contributed by atoms with Gasteiger partial charge in [0.15, 0.2) is 5.65 Å². The number of nitrogens with zero attached hydrogens (tertiary/aromatic N) is 5. The van der Waals surface area contributed by atoms with Gasteiger partial charge in [0, 0.05) is 24.6 Å². The fraction of sp³-hybridized carbons (Fsp3) is 0.444. The first-order valence-corrected chi connectivity index (χ1v) is 6.09. The van der Waals surface area contributed by atoms with Gasteiger partial charge in [0.25, 0.3) is 0 Å². The van der Waals surface area contributed by atoms with Crippen LogP contribution in [0.1, 0.15) is 0 Å². The zero-order valence-corrected chi connectivity index (χ0v) is 9.02. The molecule has 3 heterocycles. The van der Waals surface area contributed by atoms with Crippen molar-refractivity contribution in [2.24, 2.45) is 0 Å². The average molecular weight is 221 g/mol. The third-order valence-electron chi connectivity index (χ3n) is 2.48. The molecule has 0 unspecified atom stereocenters. The SMILES string of the molecule is c1cc2nncn2nc1N1CCSCC1. The number of thioether (sulfide) groups is 1. The summed E-state index contributed by atoms with van der Waals surface area (Å²) in [5.74, 6) is 3.38. The van der Waals surface area contributed by atoms with Crippen molar-refractivity contribution in [3.63, 3.8) is 0 Å². The van der Waals surface area contributed by atoms with E-state index in [1.165, 1.54) is 11.5 Å². The van der Waals surface area contributed by atoms with Crippen molar-refractivity contribution >= 4 is 23.2 Å². The summed E-state index contributed by atoms with van der Waals surface area (Å²) in [6, 6.07) is 3.97. The van der Waals surface area contributed by atoms with Crippen molar-refractivity contribution in [2.45, 2.75) is 0 Å². The predicted molar refractivity (Wildman–Crippen MR) is 60.3 cm³/mol. The van der Waals surface area contributed by atoms with E-state index in [2.05, 4.69) is 20.2 Å². The topological polar surface area (TPSA) is 46.3 Å². The standard InChI is InChI=1S/C9H11N5S/c1-2-9(13-3-5-15-6-4-13)12-14-7-10-11-8(1)14/h1-2,7H,3-6H2. The van der Waals surface area contributed by atoms with Gasteiger partial charge in [-0.3, -0.25) is 0 Å². The third kappa shape index (κ3) is 1.65. The highest BCUT2D eigenvalue weighted by Gasteiger charge is 2.12. The molecule has 0 N–H and O–H groups in total. The van der Waals surface area contributed by atoms with E-state index in [0.29, 0.717) is 0 Å². The van der Waals surface area contributed by atoms with E-state index in [0.717, 1.165) is 24.6 Å². The summed E-state index contributed by atoms with van der Waals surface area (Å²) in [5, 5.41) is 12.2. The fourth-order valence-electron chi connectivity index (χ4n) is 1.68. The van der Waals surface area contributed by atoms with Gasteiger partial charge in [-0.25, -0.2) is 0 Å². The molecule has 1 aliphatic rings. The molecule has 6 heteroatoms. The van der Waals surface area contributed by atoms with Crippen molar-refractivity contribution in [1.29, 1.82) is 0 Å². The lowest BCUT2D eigenvalue weighted by atomic mass is 10.4. The molecule has 0 atom stereocenters. The van der Waals surface area contributed by atoms with E-state index in [1.807, 2.05) is 23.9 Å². The minimum Gasteiger partial charge on any atom is -0.354 e. The molecular weight excluding hydrogens is 210 g/mol. The van der Waals surface area contributed by atoms with Gasteiger partial charge in [0.2, 0.25) is 0 Å². The molecule has 1 aliphatic heterocycles. The molecule has 1 fully saturated rings. The van der Waals surface area contributed by atoms with Crippen LogP contribution in [0.5, 0.6) is 0 Å². The molecule has 5 nitrogen and oxygen atoms in total. The van der Waals surface area contributed by atoms with Gasteiger partial charge in [0.05, 0.1) is 0 Å². The van der Waals surface area contributed by atoms with Crippen molar-refractivity contribution in [2.75, 3.05) is 29.5 Å². The first-order valence-electron chi connectivity index (χ1n) is 4.93. The zero-order valence-electron chi connectivity index (χ0n) is 8.20. The van der Waals surface area contributed by atoms with Crippen LogP contribution in [0.15, 0.2) is 18.5 Å². The van der Waals surface area contributed by atoms with Crippen molar-refractivity contribution in [1.82, 2.24) is 19.8 Å². The molecular formula is C9H11N5S. The van der Waals surface area contributed by atoms with E-state index < -0.39 is 0 Å². The Labute approximate surface area is 91.5 Å². The molecule has 15 heavy (non-hydrogen) atoms. The first kappa shape index (κ1) is 8.96. The predicted octanol–water partition coefficient (Wildman–Crippen LogP) is 0.677. The monoisotopic (exact) mass is 221 g/mol. The van der Waals surface area contributed by atoms with Gasteiger partial charge in [-0.05, 0) is 12.1 Å². The van der Waals surface area contributed by atoms with Crippen LogP contribution in [-0.2, 0) is 0 Å². The molecule has 1 saturated heterocycles. The Morgan fingerprint density at radius 1 is 1.20 bits per heavy atom. The zero-order chi connectivity index (χ0) is 10.1. The number of anilines is 1. The fourth-order valence-corrected chi connectivity index (χ4v) is 2.58. The second kappa shape index (κ2) is 3.69. The highest BCUT2D eigenvalue weighted by Crippen LogP contribution is 2.16. The summed E-state index contributed by atoms with van der Waals surface area (Å²) in [7, 11) is 0. The van der Waals surface area contributed by atoms with Crippen LogP contribution in [0.4, 0.5) is 5.82 Å². The smallest absolute Gasteiger partial charge is 0.177 e. The van der Waals surface area contributed by atoms with E-state index >= 15 is 0 Å². The molecule has 3 rings (SSSR count). The van der Waals surface area contributed by atoms with Crippen molar-refractivity contribution in [3.8, 4) is 0 Å². The molecule has 0 aromatic carbocycles. The van der Waals surface area contributed by atoms with Crippen LogP contribution in [0, 0.1) is 0 Å². The highest BCUT2D eigenvalue weighted by molar-refractivity contribution is 7.99. The highest BCUT2D eigenvalue weighted by atomic mass is 32.2. The third-order valence-corrected chi connectivity index (χ3v) is 3.43. The maximum absolute atomic E-state index is 4.47. The molecule has 2 aromatic heterocycles. The minimum atomic E-state index is 0.796. The molecule has 78 valence electrons. The molecule has 0 amide bonds. The van der Waals surface area contributed by atoms with Gasteiger partial charge in [-0.15, -0.1) is 15.3 Å². The normalized spacial score (nSPS) is 17.2. The first-order chi connectivity index (χ1) is 7.43.